The molecule has 0 bridgehead atoms. The van der Waals surface area contributed by atoms with Crippen molar-refractivity contribution in [1.82, 2.24) is 5.32 Å². The van der Waals surface area contributed by atoms with E-state index in [0.29, 0.717) is 13.2 Å². The Morgan fingerprint density at radius 3 is 2.89 bits per heavy atom. The van der Waals surface area contributed by atoms with Gasteiger partial charge in [0.25, 0.3) is 0 Å². The highest BCUT2D eigenvalue weighted by Crippen LogP contribution is 2.22. The van der Waals surface area contributed by atoms with Gasteiger partial charge in [-0.05, 0) is 36.3 Å². The Kier molecular flexibility index (Phi) is 6.63. The maximum atomic E-state index is 12.2. The molecule has 0 aliphatic carbocycles. The molecule has 5 heteroatoms. The van der Waals surface area contributed by atoms with Gasteiger partial charge in [-0.1, -0.05) is 42.5 Å². The quantitative estimate of drug-likeness (QED) is 0.772. The number of rotatable bonds is 6. The van der Waals surface area contributed by atoms with Gasteiger partial charge in [-0.25, -0.2) is 0 Å². The van der Waals surface area contributed by atoms with Gasteiger partial charge in [0, 0.05) is 24.9 Å². The van der Waals surface area contributed by atoms with E-state index < -0.39 is 0 Å². The van der Waals surface area contributed by atoms with Gasteiger partial charge >= 0.3 is 0 Å². The molecule has 1 aliphatic heterocycles. The number of morpholine rings is 1. The number of hydrogen-bond donors (Lipinski definition) is 2. The largest absolute Gasteiger partial charge is 0.394 e. The van der Waals surface area contributed by atoms with E-state index in [2.05, 4.69) is 16.3 Å². The van der Waals surface area contributed by atoms with Gasteiger partial charge in [-0.15, -0.1) is 0 Å². The highest BCUT2D eigenvalue weighted by atomic mass is 16.5. The summed E-state index contributed by atoms with van der Waals surface area (Å²) < 4.78 is 5.52. The summed E-state index contributed by atoms with van der Waals surface area (Å²) in [5, 5.41) is 12.3. The summed E-state index contributed by atoms with van der Waals surface area (Å²) in [7, 11) is 0. The lowest BCUT2D eigenvalue weighted by atomic mass is 10.1. The number of benzene rings is 2. The third kappa shape index (κ3) is 5.42. The average Bonchev–Trinajstić information content (AvgIpc) is 2.73. The highest BCUT2D eigenvalue weighted by molar-refractivity contribution is 5.91. The Morgan fingerprint density at radius 2 is 2.11 bits per heavy atom. The van der Waals surface area contributed by atoms with Crippen molar-refractivity contribution in [2.24, 2.45) is 0 Å². The number of hydrogen-bond acceptors (Lipinski definition) is 4. The van der Waals surface area contributed by atoms with Crippen molar-refractivity contribution in [2.75, 3.05) is 31.2 Å². The number of nitrogens with one attached hydrogen (secondary N) is 1. The summed E-state index contributed by atoms with van der Waals surface area (Å²) in [6.45, 7) is 4.06. The van der Waals surface area contributed by atoms with E-state index in [1.54, 1.807) is 12.2 Å². The normalized spacial score (nSPS) is 18.4. The molecule has 3 rings (SSSR count). The van der Waals surface area contributed by atoms with E-state index in [-0.39, 0.29) is 24.7 Å². The van der Waals surface area contributed by atoms with Crippen molar-refractivity contribution in [3.8, 4) is 0 Å². The molecule has 2 unspecified atom stereocenters. The van der Waals surface area contributed by atoms with E-state index in [1.165, 1.54) is 0 Å². The molecule has 0 saturated carbocycles. The van der Waals surface area contributed by atoms with Gasteiger partial charge in [-0.2, -0.15) is 0 Å². The molecule has 1 aliphatic rings. The molecule has 1 amide bonds. The van der Waals surface area contributed by atoms with Crippen LogP contribution in [0.25, 0.3) is 6.08 Å². The molecule has 5 nitrogen and oxygen atoms in total. The fourth-order valence-corrected chi connectivity index (χ4v) is 3.14. The number of anilines is 1. The van der Waals surface area contributed by atoms with Crippen molar-refractivity contribution < 1.29 is 14.6 Å². The van der Waals surface area contributed by atoms with Crippen LogP contribution in [0.5, 0.6) is 0 Å². The summed E-state index contributed by atoms with van der Waals surface area (Å²) in [6, 6.07) is 17.8. The van der Waals surface area contributed by atoms with Gasteiger partial charge in [0.1, 0.15) is 0 Å². The minimum atomic E-state index is -0.150. The van der Waals surface area contributed by atoms with Crippen molar-refractivity contribution >= 4 is 17.7 Å². The number of carbonyl (C=O) groups is 1. The third-order valence-electron chi connectivity index (χ3n) is 4.66. The molecular weight excluding hydrogens is 340 g/mol. The summed E-state index contributed by atoms with van der Waals surface area (Å²) >= 11 is 0. The average molecular weight is 366 g/mol. The first kappa shape index (κ1) is 19.1. The number of nitrogens with zero attached hydrogens (tertiary/aromatic N) is 1. The topological polar surface area (TPSA) is 61.8 Å². The van der Waals surface area contributed by atoms with Crippen LogP contribution in [0.2, 0.25) is 0 Å². The second-order valence-electron chi connectivity index (χ2n) is 6.69. The van der Waals surface area contributed by atoms with Crippen LogP contribution in [0.15, 0.2) is 60.7 Å². The van der Waals surface area contributed by atoms with Crippen LogP contribution >= 0.6 is 0 Å². The second-order valence-corrected chi connectivity index (χ2v) is 6.69. The van der Waals surface area contributed by atoms with Crippen molar-refractivity contribution in [3.05, 3.63) is 71.8 Å². The third-order valence-corrected chi connectivity index (χ3v) is 4.66. The van der Waals surface area contributed by atoms with E-state index in [4.69, 9.17) is 4.74 Å². The number of aliphatic hydroxyl groups is 1. The Balaban J connectivity index is 1.62. The van der Waals surface area contributed by atoms with Gasteiger partial charge in [0.2, 0.25) is 5.91 Å². The Labute approximate surface area is 160 Å². The second kappa shape index (κ2) is 9.35. The summed E-state index contributed by atoms with van der Waals surface area (Å²) in [4.78, 5) is 14.4. The summed E-state index contributed by atoms with van der Waals surface area (Å²) in [6.07, 6.45) is 3.22. The van der Waals surface area contributed by atoms with Crippen molar-refractivity contribution in [3.63, 3.8) is 0 Å². The SMILES string of the molecule is CC(NC(=O)C=Cc1ccccc1)c1cccc(N2CCOC(CO)C2)c1. The maximum Gasteiger partial charge on any atom is 0.244 e. The standard InChI is InChI=1S/C22H26N2O3/c1-17(23-22(26)11-10-18-6-3-2-4-7-18)19-8-5-9-20(14-19)24-12-13-27-21(15-24)16-25/h2-11,14,17,21,25H,12-13,15-16H2,1H3,(H,23,26). The van der Waals surface area contributed by atoms with Gasteiger partial charge < -0.3 is 20.1 Å². The predicted molar refractivity (Wildman–Crippen MR) is 108 cm³/mol. The van der Waals surface area contributed by atoms with Gasteiger partial charge in [0.05, 0.1) is 25.4 Å². The van der Waals surface area contributed by atoms with Crippen LogP contribution in [0.4, 0.5) is 5.69 Å². The Morgan fingerprint density at radius 1 is 1.30 bits per heavy atom. The Hall–Kier alpha value is -2.63. The zero-order valence-corrected chi connectivity index (χ0v) is 15.5. The number of carbonyl (C=O) groups excluding carboxylic acids is 1. The predicted octanol–water partition coefficient (Wildman–Crippen LogP) is 2.77. The van der Waals surface area contributed by atoms with E-state index in [9.17, 15) is 9.90 Å². The van der Waals surface area contributed by atoms with E-state index in [1.807, 2.05) is 55.5 Å². The molecule has 142 valence electrons. The smallest absolute Gasteiger partial charge is 0.244 e. The number of aliphatic hydroxyl groups excluding tert-OH is 1. The molecule has 2 atom stereocenters. The summed E-state index contributed by atoms with van der Waals surface area (Å²) in [5.41, 5.74) is 3.12. The molecular formula is C22H26N2O3. The minimum Gasteiger partial charge on any atom is -0.394 e. The maximum absolute atomic E-state index is 12.2. The first-order valence-corrected chi connectivity index (χ1v) is 9.26. The molecule has 2 N–H and O–H groups in total. The molecule has 0 aromatic heterocycles. The van der Waals surface area contributed by atoms with E-state index >= 15 is 0 Å². The molecule has 1 heterocycles. The summed E-state index contributed by atoms with van der Waals surface area (Å²) in [5.74, 6) is -0.122. The lowest BCUT2D eigenvalue weighted by Gasteiger charge is -2.34. The van der Waals surface area contributed by atoms with Crippen LogP contribution in [-0.2, 0) is 9.53 Å². The van der Waals surface area contributed by atoms with Crippen LogP contribution in [0.1, 0.15) is 24.1 Å². The van der Waals surface area contributed by atoms with Crippen LogP contribution in [-0.4, -0.2) is 43.4 Å². The number of amides is 1. The van der Waals surface area contributed by atoms with Crippen LogP contribution in [0, 0.1) is 0 Å². The zero-order valence-electron chi connectivity index (χ0n) is 15.5. The molecule has 0 spiro atoms. The van der Waals surface area contributed by atoms with Gasteiger partial charge in [-0.3, -0.25) is 4.79 Å². The van der Waals surface area contributed by atoms with Crippen LogP contribution in [0.3, 0.4) is 0 Å². The zero-order chi connectivity index (χ0) is 19.1. The molecule has 1 saturated heterocycles. The lowest BCUT2D eigenvalue weighted by molar-refractivity contribution is -0.117. The first-order chi connectivity index (χ1) is 13.2. The van der Waals surface area contributed by atoms with Gasteiger partial charge in [0.15, 0.2) is 0 Å². The first-order valence-electron chi connectivity index (χ1n) is 9.26. The highest BCUT2D eigenvalue weighted by Gasteiger charge is 2.20. The Bertz CT molecular complexity index is 776. The fourth-order valence-electron chi connectivity index (χ4n) is 3.14. The van der Waals surface area contributed by atoms with Crippen LogP contribution < -0.4 is 10.2 Å². The molecule has 1 fully saturated rings. The molecule has 2 aromatic carbocycles. The molecule has 27 heavy (non-hydrogen) atoms. The molecule has 2 aromatic rings. The monoisotopic (exact) mass is 366 g/mol. The molecule has 0 radical (unpaired) electrons. The van der Waals surface area contributed by atoms with E-state index in [0.717, 1.165) is 23.4 Å². The van der Waals surface area contributed by atoms with Crippen molar-refractivity contribution in [2.45, 2.75) is 19.1 Å². The minimum absolute atomic E-state index is 0.0242. The van der Waals surface area contributed by atoms with Crippen molar-refractivity contribution in [1.29, 1.82) is 0 Å². The number of ether oxygens (including phenoxy) is 1. The lowest BCUT2D eigenvalue weighted by Crippen LogP contribution is -2.44. The fraction of sp³-hybridized carbons (Fsp3) is 0.318.